The lowest BCUT2D eigenvalue weighted by molar-refractivity contribution is -0.145. The molecule has 0 saturated heterocycles. The standard InChI is InChI=1S/C13H16O4/c1-3-16-10-5-4-9-6-11(13(14)15)8(2)17-12(9)7-10/h4-5,7-8,11H,3,6H2,1-2H3,(H,14,15). The first kappa shape index (κ1) is 11.8. The predicted octanol–water partition coefficient (Wildman–Crippen LogP) is 2.11. The summed E-state index contributed by atoms with van der Waals surface area (Å²) in [6.45, 7) is 4.31. The molecular weight excluding hydrogens is 220 g/mol. The van der Waals surface area contributed by atoms with Crippen molar-refractivity contribution in [2.45, 2.75) is 26.4 Å². The van der Waals surface area contributed by atoms with E-state index in [1.54, 1.807) is 6.92 Å². The molecule has 17 heavy (non-hydrogen) atoms. The molecule has 0 aliphatic carbocycles. The summed E-state index contributed by atoms with van der Waals surface area (Å²) in [4.78, 5) is 11.0. The number of carboxylic acids is 1. The molecule has 1 aliphatic heterocycles. The van der Waals surface area contributed by atoms with Crippen LogP contribution in [0.1, 0.15) is 19.4 Å². The molecule has 1 N–H and O–H groups in total. The molecule has 1 aliphatic rings. The molecule has 2 rings (SSSR count). The summed E-state index contributed by atoms with van der Waals surface area (Å²) >= 11 is 0. The second-order valence-corrected chi connectivity index (χ2v) is 4.17. The van der Waals surface area contributed by atoms with Crippen LogP contribution in [0.2, 0.25) is 0 Å². The summed E-state index contributed by atoms with van der Waals surface area (Å²) in [5.74, 6) is 0.214. The first-order valence-corrected chi connectivity index (χ1v) is 5.77. The van der Waals surface area contributed by atoms with Crippen molar-refractivity contribution in [1.82, 2.24) is 0 Å². The zero-order chi connectivity index (χ0) is 12.4. The molecule has 0 amide bonds. The third-order valence-corrected chi connectivity index (χ3v) is 2.99. The van der Waals surface area contributed by atoms with Crippen LogP contribution < -0.4 is 9.47 Å². The number of benzene rings is 1. The normalized spacial score (nSPS) is 22.5. The summed E-state index contributed by atoms with van der Waals surface area (Å²) < 4.78 is 11.0. The maximum Gasteiger partial charge on any atom is 0.310 e. The third kappa shape index (κ3) is 2.35. The van der Waals surface area contributed by atoms with Gasteiger partial charge in [0.1, 0.15) is 17.6 Å². The molecule has 0 aromatic heterocycles. The number of hydrogen-bond acceptors (Lipinski definition) is 3. The van der Waals surface area contributed by atoms with Crippen molar-refractivity contribution in [3.05, 3.63) is 23.8 Å². The molecule has 1 aromatic carbocycles. The lowest BCUT2D eigenvalue weighted by Crippen LogP contribution is -2.35. The van der Waals surface area contributed by atoms with E-state index >= 15 is 0 Å². The highest BCUT2D eigenvalue weighted by Gasteiger charge is 2.32. The molecule has 0 spiro atoms. The van der Waals surface area contributed by atoms with Gasteiger partial charge in [0.2, 0.25) is 0 Å². The maximum absolute atomic E-state index is 11.0. The van der Waals surface area contributed by atoms with E-state index in [-0.39, 0.29) is 6.10 Å². The van der Waals surface area contributed by atoms with Gasteiger partial charge in [-0.15, -0.1) is 0 Å². The summed E-state index contributed by atoms with van der Waals surface area (Å²) in [6, 6.07) is 5.55. The predicted molar refractivity (Wildman–Crippen MR) is 62.5 cm³/mol. The van der Waals surface area contributed by atoms with Crippen LogP contribution in [0.15, 0.2) is 18.2 Å². The van der Waals surface area contributed by atoms with Crippen LogP contribution in [0.3, 0.4) is 0 Å². The highest BCUT2D eigenvalue weighted by molar-refractivity contribution is 5.72. The highest BCUT2D eigenvalue weighted by Crippen LogP contribution is 2.33. The number of hydrogen-bond donors (Lipinski definition) is 1. The summed E-state index contributed by atoms with van der Waals surface area (Å²) in [5, 5.41) is 9.07. The van der Waals surface area contributed by atoms with Crippen molar-refractivity contribution < 1.29 is 19.4 Å². The smallest absolute Gasteiger partial charge is 0.310 e. The average molecular weight is 236 g/mol. The summed E-state index contributed by atoms with van der Waals surface area (Å²) in [6.07, 6.45) is 0.204. The number of rotatable bonds is 3. The Morgan fingerprint density at radius 1 is 1.59 bits per heavy atom. The SMILES string of the molecule is CCOc1ccc2c(c1)OC(C)C(C(=O)O)C2. The number of carboxylic acid groups (broad SMARTS) is 1. The number of ether oxygens (including phenoxy) is 2. The Bertz CT molecular complexity index is 427. The van der Waals surface area contributed by atoms with Gasteiger partial charge in [-0.25, -0.2) is 0 Å². The molecule has 1 heterocycles. The summed E-state index contributed by atoms with van der Waals surface area (Å²) in [7, 11) is 0. The fourth-order valence-electron chi connectivity index (χ4n) is 2.04. The lowest BCUT2D eigenvalue weighted by atomic mass is 9.91. The lowest BCUT2D eigenvalue weighted by Gasteiger charge is -2.29. The Balaban J connectivity index is 2.25. The third-order valence-electron chi connectivity index (χ3n) is 2.99. The minimum absolute atomic E-state index is 0.308. The van der Waals surface area contributed by atoms with E-state index in [4.69, 9.17) is 14.6 Å². The van der Waals surface area contributed by atoms with Gasteiger partial charge in [-0.2, -0.15) is 0 Å². The molecule has 92 valence electrons. The molecule has 4 nitrogen and oxygen atoms in total. The number of carbonyl (C=O) groups is 1. The molecule has 0 fully saturated rings. The van der Waals surface area contributed by atoms with Gasteiger partial charge in [-0.3, -0.25) is 4.79 Å². The van der Waals surface area contributed by atoms with Crippen LogP contribution in [0.25, 0.3) is 0 Å². The van der Waals surface area contributed by atoms with Crippen molar-refractivity contribution in [2.24, 2.45) is 5.92 Å². The second-order valence-electron chi connectivity index (χ2n) is 4.17. The Kier molecular flexibility index (Phi) is 3.22. The first-order valence-electron chi connectivity index (χ1n) is 5.77. The topological polar surface area (TPSA) is 55.8 Å². The van der Waals surface area contributed by atoms with Crippen LogP contribution >= 0.6 is 0 Å². The zero-order valence-electron chi connectivity index (χ0n) is 9.97. The number of fused-ring (bicyclic) bond motifs is 1. The monoisotopic (exact) mass is 236 g/mol. The van der Waals surface area contributed by atoms with Gasteiger partial charge in [-0.05, 0) is 31.9 Å². The molecule has 1 aromatic rings. The molecule has 0 saturated carbocycles. The van der Waals surface area contributed by atoms with Crippen molar-refractivity contribution in [1.29, 1.82) is 0 Å². The Hall–Kier alpha value is -1.71. The van der Waals surface area contributed by atoms with Gasteiger partial charge in [0.05, 0.1) is 12.5 Å². The van der Waals surface area contributed by atoms with E-state index < -0.39 is 11.9 Å². The highest BCUT2D eigenvalue weighted by atomic mass is 16.5. The summed E-state index contributed by atoms with van der Waals surface area (Å²) in [5.41, 5.74) is 0.930. The molecule has 0 radical (unpaired) electrons. The van der Waals surface area contributed by atoms with Crippen molar-refractivity contribution in [3.8, 4) is 11.5 Å². The minimum Gasteiger partial charge on any atom is -0.494 e. The van der Waals surface area contributed by atoms with Crippen molar-refractivity contribution >= 4 is 5.97 Å². The van der Waals surface area contributed by atoms with Crippen LogP contribution in [0, 0.1) is 5.92 Å². The molecule has 4 heteroatoms. The van der Waals surface area contributed by atoms with Gasteiger partial charge in [0.25, 0.3) is 0 Å². The fraction of sp³-hybridized carbons (Fsp3) is 0.462. The average Bonchev–Trinajstić information content (AvgIpc) is 2.28. The number of aliphatic carboxylic acids is 1. The van der Waals surface area contributed by atoms with Crippen LogP contribution in [0.5, 0.6) is 11.5 Å². The van der Waals surface area contributed by atoms with E-state index in [9.17, 15) is 4.79 Å². The van der Waals surface area contributed by atoms with E-state index in [1.165, 1.54) is 0 Å². The van der Waals surface area contributed by atoms with Crippen LogP contribution in [-0.2, 0) is 11.2 Å². The van der Waals surface area contributed by atoms with E-state index in [1.807, 2.05) is 25.1 Å². The molecule has 2 atom stereocenters. The molecule has 2 unspecified atom stereocenters. The van der Waals surface area contributed by atoms with Gasteiger partial charge in [-0.1, -0.05) is 6.07 Å². The zero-order valence-corrected chi connectivity index (χ0v) is 9.97. The van der Waals surface area contributed by atoms with E-state index in [0.717, 1.165) is 17.1 Å². The maximum atomic E-state index is 11.0. The fourth-order valence-corrected chi connectivity index (χ4v) is 2.04. The van der Waals surface area contributed by atoms with Crippen LogP contribution in [0.4, 0.5) is 0 Å². The van der Waals surface area contributed by atoms with Crippen molar-refractivity contribution in [3.63, 3.8) is 0 Å². The Morgan fingerprint density at radius 3 is 3.00 bits per heavy atom. The van der Waals surface area contributed by atoms with Crippen molar-refractivity contribution in [2.75, 3.05) is 6.61 Å². The Morgan fingerprint density at radius 2 is 2.35 bits per heavy atom. The minimum atomic E-state index is -0.808. The van der Waals surface area contributed by atoms with E-state index in [0.29, 0.717) is 13.0 Å². The van der Waals surface area contributed by atoms with Gasteiger partial charge >= 0.3 is 5.97 Å². The Labute approximate surface area is 100 Å². The first-order chi connectivity index (χ1) is 8.11. The molecule has 0 bridgehead atoms. The van der Waals surface area contributed by atoms with Gasteiger partial charge in [0.15, 0.2) is 0 Å². The largest absolute Gasteiger partial charge is 0.494 e. The molecular formula is C13H16O4. The van der Waals surface area contributed by atoms with E-state index in [2.05, 4.69) is 0 Å². The van der Waals surface area contributed by atoms with Crippen LogP contribution in [-0.4, -0.2) is 23.8 Å². The second kappa shape index (κ2) is 4.65. The quantitative estimate of drug-likeness (QED) is 0.873. The van der Waals surface area contributed by atoms with Gasteiger partial charge < -0.3 is 14.6 Å². The van der Waals surface area contributed by atoms with Gasteiger partial charge in [0, 0.05) is 6.07 Å².